The third-order valence-electron chi connectivity index (χ3n) is 9.59. The molecule has 0 aromatic carbocycles. The molecule has 0 radical (unpaired) electrons. The molecule has 0 heterocycles. The predicted octanol–water partition coefficient (Wildman–Crippen LogP) is 3.75. The lowest BCUT2D eigenvalue weighted by atomic mass is 9.43. The summed E-state index contributed by atoms with van der Waals surface area (Å²) in [5, 5.41) is 11.0. The maximum Gasteiger partial charge on any atom is 0.316 e. The molecule has 0 aromatic rings. The number of esters is 1. The zero-order valence-corrected chi connectivity index (χ0v) is 16.7. The van der Waals surface area contributed by atoms with Crippen LogP contribution in [0.4, 0.5) is 0 Å². The van der Waals surface area contributed by atoms with Gasteiger partial charge in [-0.05, 0) is 86.4 Å². The molecule has 4 aliphatic carbocycles. The van der Waals surface area contributed by atoms with E-state index >= 15 is 0 Å². The van der Waals surface area contributed by atoms with Gasteiger partial charge in [0.25, 0.3) is 0 Å². The van der Waals surface area contributed by atoms with Gasteiger partial charge in [0.05, 0.1) is 12.7 Å². The van der Waals surface area contributed by atoms with Gasteiger partial charge in [-0.3, -0.25) is 9.59 Å². The molecule has 146 valence electrons. The van der Waals surface area contributed by atoms with Gasteiger partial charge in [-0.15, -0.1) is 0 Å². The molecule has 0 spiro atoms. The van der Waals surface area contributed by atoms with Crippen molar-refractivity contribution in [3.8, 4) is 0 Å². The Morgan fingerprint density at radius 2 is 1.77 bits per heavy atom. The van der Waals surface area contributed by atoms with Gasteiger partial charge in [0, 0.05) is 6.42 Å². The first-order chi connectivity index (χ1) is 12.1. The van der Waals surface area contributed by atoms with E-state index < -0.39 is 11.5 Å². The van der Waals surface area contributed by atoms with Crippen molar-refractivity contribution in [2.24, 2.45) is 40.4 Å². The van der Waals surface area contributed by atoms with Gasteiger partial charge >= 0.3 is 5.97 Å². The Bertz CT molecular complexity index is 626. The van der Waals surface area contributed by atoms with E-state index in [-0.39, 0.29) is 22.6 Å². The summed E-state index contributed by atoms with van der Waals surface area (Å²) in [6.45, 7) is 6.68. The van der Waals surface area contributed by atoms with Crippen LogP contribution in [0.1, 0.15) is 72.1 Å². The number of carbonyl (C=O) groups excluding carboxylic acids is 2. The number of hydrogen-bond donors (Lipinski definition) is 1. The number of carbonyl (C=O) groups is 2. The maximum absolute atomic E-state index is 12.5. The summed E-state index contributed by atoms with van der Waals surface area (Å²) >= 11 is 0. The van der Waals surface area contributed by atoms with E-state index in [9.17, 15) is 14.7 Å². The van der Waals surface area contributed by atoms with E-state index in [1.165, 1.54) is 13.5 Å². The zero-order valence-electron chi connectivity index (χ0n) is 16.7. The molecule has 4 aliphatic rings. The van der Waals surface area contributed by atoms with Crippen molar-refractivity contribution in [1.29, 1.82) is 0 Å². The first-order valence-corrected chi connectivity index (χ1v) is 10.5. The normalized spacial score (nSPS) is 53.4. The van der Waals surface area contributed by atoms with Gasteiger partial charge in [-0.2, -0.15) is 0 Å². The number of ketones is 1. The largest absolute Gasteiger partial charge is 0.468 e. The third kappa shape index (κ3) is 2.30. The van der Waals surface area contributed by atoms with Crippen LogP contribution in [0.5, 0.6) is 0 Å². The average Bonchev–Trinajstić information content (AvgIpc) is 2.84. The van der Waals surface area contributed by atoms with Crippen LogP contribution >= 0.6 is 0 Å². The highest BCUT2D eigenvalue weighted by molar-refractivity contribution is 5.99. The fraction of sp³-hybridized carbons (Fsp3) is 0.909. The molecular formula is C22H34O4. The molecule has 4 nitrogen and oxygen atoms in total. The molecule has 1 N–H and O–H groups in total. The molecule has 4 heteroatoms. The van der Waals surface area contributed by atoms with Gasteiger partial charge in [0.15, 0.2) is 0 Å². The van der Waals surface area contributed by atoms with Crippen molar-refractivity contribution in [2.45, 2.75) is 77.7 Å². The van der Waals surface area contributed by atoms with E-state index in [1.807, 2.05) is 6.92 Å². The van der Waals surface area contributed by atoms with Crippen LogP contribution in [0.3, 0.4) is 0 Å². The van der Waals surface area contributed by atoms with Crippen LogP contribution in [-0.2, 0) is 14.3 Å². The van der Waals surface area contributed by atoms with E-state index in [0.717, 1.165) is 32.1 Å². The molecule has 0 aliphatic heterocycles. The van der Waals surface area contributed by atoms with Crippen LogP contribution in [0.25, 0.3) is 0 Å². The smallest absolute Gasteiger partial charge is 0.316 e. The van der Waals surface area contributed by atoms with Crippen LogP contribution < -0.4 is 0 Å². The van der Waals surface area contributed by atoms with E-state index in [4.69, 9.17) is 4.74 Å². The fourth-order valence-corrected chi connectivity index (χ4v) is 7.73. The summed E-state index contributed by atoms with van der Waals surface area (Å²) < 4.78 is 4.94. The summed E-state index contributed by atoms with van der Waals surface area (Å²) in [4.78, 5) is 24.7. The molecule has 0 saturated heterocycles. The van der Waals surface area contributed by atoms with Gasteiger partial charge in [-0.1, -0.05) is 13.8 Å². The topological polar surface area (TPSA) is 63.6 Å². The van der Waals surface area contributed by atoms with Gasteiger partial charge < -0.3 is 9.84 Å². The summed E-state index contributed by atoms with van der Waals surface area (Å²) in [5.41, 5.74) is -0.494. The summed E-state index contributed by atoms with van der Waals surface area (Å²) in [6, 6.07) is 0. The molecule has 8 atom stereocenters. The lowest BCUT2D eigenvalue weighted by Crippen LogP contribution is -2.57. The second-order valence-corrected chi connectivity index (χ2v) is 10.4. The predicted molar refractivity (Wildman–Crippen MR) is 98.2 cm³/mol. The average molecular weight is 363 g/mol. The van der Waals surface area contributed by atoms with Crippen LogP contribution in [-0.4, -0.2) is 29.6 Å². The number of ether oxygens (including phenoxy) is 1. The van der Waals surface area contributed by atoms with Crippen molar-refractivity contribution < 1.29 is 19.4 Å². The molecule has 0 amide bonds. The zero-order chi connectivity index (χ0) is 18.9. The Morgan fingerprint density at radius 3 is 2.46 bits per heavy atom. The quantitative estimate of drug-likeness (QED) is 0.570. The van der Waals surface area contributed by atoms with Crippen molar-refractivity contribution >= 4 is 11.8 Å². The Balaban J connectivity index is 1.64. The minimum absolute atomic E-state index is 0.0175. The lowest BCUT2D eigenvalue weighted by Gasteiger charge is -2.61. The Kier molecular flexibility index (Phi) is 4.12. The number of fused-ring (bicyclic) bond motifs is 5. The van der Waals surface area contributed by atoms with Crippen molar-refractivity contribution in [3.63, 3.8) is 0 Å². The molecule has 0 aromatic heterocycles. The minimum atomic E-state index is -0.569. The van der Waals surface area contributed by atoms with E-state index in [0.29, 0.717) is 36.5 Å². The molecule has 4 fully saturated rings. The molecule has 26 heavy (non-hydrogen) atoms. The number of rotatable bonds is 1. The monoisotopic (exact) mass is 362 g/mol. The number of hydrogen-bond acceptors (Lipinski definition) is 4. The van der Waals surface area contributed by atoms with Crippen LogP contribution in [0, 0.1) is 40.4 Å². The van der Waals surface area contributed by atoms with E-state index in [1.54, 1.807) is 0 Å². The fourth-order valence-electron chi connectivity index (χ4n) is 7.73. The SMILES string of the molecule is COC(=O)C1C[C@@]2(C)[C@@H](CC[C@@H]3[C@@H]2CC[C@@]2(C)[C@H]3CC[C@]2(C)O)CC1=O. The highest BCUT2D eigenvalue weighted by Gasteiger charge is 2.64. The summed E-state index contributed by atoms with van der Waals surface area (Å²) in [6.07, 6.45) is 7.66. The van der Waals surface area contributed by atoms with Crippen molar-refractivity contribution in [3.05, 3.63) is 0 Å². The summed E-state index contributed by atoms with van der Waals surface area (Å²) in [5.74, 6) is 1.33. The Labute approximate surface area is 157 Å². The minimum Gasteiger partial charge on any atom is -0.468 e. The van der Waals surface area contributed by atoms with Crippen LogP contribution in [0.2, 0.25) is 0 Å². The van der Waals surface area contributed by atoms with Gasteiger partial charge in [0.1, 0.15) is 11.7 Å². The molecule has 4 saturated carbocycles. The Hall–Kier alpha value is -0.900. The number of Topliss-reactive ketones (excluding diaryl/α,β-unsaturated/α-hetero) is 1. The van der Waals surface area contributed by atoms with Crippen LogP contribution in [0.15, 0.2) is 0 Å². The molecule has 4 rings (SSSR count). The molecular weight excluding hydrogens is 328 g/mol. The maximum atomic E-state index is 12.5. The van der Waals surface area contributed by atoms with Gasteiger partial charge in [0.2, 0.25) is 0 Å². The second kappa shape index (κ2) is 5.80. The molecule has 1 unspecified atom stereocenters. The van der Waals surface area contributed by atoms with E-state index in [2.05, 4.69) is 13.8 Å². The van der Waals surface area contributed by atoms with Crippen molar-refractivity contribution in [2.75, 3.05) is 7.11 Å². The lowest BCUT2D eigenvalue weighted by molar-refractivity contribution is -0.169. The Morgan fingerprint density at radius 1 is 1.08 bits per heavy atom. The highest BCUT2D eigenvalue weighted by Crippen LogP contribution is 2.68. The van der Waals surface area contributed by atoms with Gasteiger partial charge in [-0.25, -0.2) is 0 Å². The third-order valence-corrected chi connectivity index (χ3v) is 9.59. The number of methoxy groups -OCH3 is 1. The number of aliphatic hydroxyl groups is 1. The second-order valence-electron chi connectivity index (χ2n) is 10.4. The molecule has 0 bridgehead atoms. The standard InChI is InChI=1S/C22H34O4/c1-20-12-15(19(24)26-4)18(23)11-13(20)5-6-14-16(20)7-9-21(2)17(14)8-10-22(21,3)25/h13-17,25H,5-12H2,1-4H3/t13-,14+,15?,16-,17-,20-,21-,22-/m0/s1. The first-order valence-electron chi connectivity index (χ1n) is 10.5. The highest BCUT2D eigenvalue weighted by atomic mass is 16.5. The van der Waals surface area contributed by atoms with Crippen molar-refractivity contribution in [1.82, 2.24) is 0 Å². The summed E-state index contributed by atoms with van der Waals surface area (Å²) in [7, 11) is 1.39. The first kappa shape index (κ1) is 18.5.